The second-order valence-electron chi connectivity index (χ2n) is 7.24. The SMILES string of the molecule is CCN1CCC(NC(=O)CN2CCOC(Cn3cc(C)cn3)C2)CC1. The van der Waals surface area contributed by atoms with Crippen LogP contribution in [-0.2, 0) is 16.1 Å². The normalized spacial score (nSPS) is 23.7. The number of hydrogen-bond donors (Lipinski definition) is 1. The van der Waals surface area contributed by atoms with Crippen LogP contribution in [0.3, 0.4) is 0 Å². The number of rotatable bonds is 6. The highest BCUT2D eigenvalue weighted by atomic mass is 16.5. The van der Waals surface area contributed by atoms with Gasteiger partial charge in [0.2, 0.25) is 5.91 Å². The average Bonchev–Trinajstić information content (AvgIpc) is 3.00. The molecule has 2 aliphatic rings. The van der Waals surface area contributed by atoms with Crippen molar-refractivity contribution in [3.05, 3.63) is 18.0 Å². The maximum Gasteiger partial charge on any atom is 0.234 e. The van der Waals surface area contributed by atoms with Crippen LogP contribution in [-0.4, -0.2) is 83.5 Å². The second kappa shape index (κ2) is 8.78. The van der Waals surface area contributed by atoms with E-state index in [0.717, 1.165) is 57.7 Å². The molecule has 0 saturated carbocycles. The van der Waals surface area contributed by atoms with Gasteiger partial charge in [0, 0.05) is 38.4 Å². The molecule has 0 spiro atoms. The fourth-order valence-corrected chi connectivity index (χ4v) is 3.68. The van der Waals surface area contributed by atoms with Gasteiger partial charge < -0.3 is 15.0 Å². The van der Waals surface area contributed by atoms with Crippen LogP contribution in [0.1, 0.15) is 25.3 Å². The fourth-order valence-electron chi connectivity index (χ4n) is 3.68. The Kier molecular flexibility index (Phi) is 6.45. The van der Waals surface area contributed by atoms with E-state index in [1.807, 2.05) is 24.0 Å². The van der Waals surface area contributed by atoms with Gasteiger partial charge in [0.1, 0.15) is 0 Å². The van der Waals surface area contributed by atoms with Gasteiger partial charge in [-0.25, -0.2) is 0 Å². The molecule has 0 aromatic carbocycles. The highest BCUT2D eigenvalue weighted by Crippen LogP contribution is 2.11. The van der Waals surface area contributed by atoms with Gasteiger partial charge in [0.05, 0.1) is 32.0 Å². The predicted molar refractivity (Wildman–Crippen MR) is 96.4 cm³/mol. The molecule has 1 N–H and O–H groups in total. The minimum Gasteiger partial charge on any atom is -0.374 e. The third-order valence-corrected chi connectivity index (χ3v) is 5.14. The minimum atomic E-state index is 0.0913. The third-order valence-electron chi connectivity index (χ3n) is 5.14. The van der Waals surface area contributed by atoms with Crippen molar-refractivity contribution in [2.45, 2.75) is 45.4 Å². The molecule has 3 rings (SSSR count). The maximum atomic E-state index is 12.4. The van der Waals surface area contributed by atoms with Gasteiger partial charge in [-0.3, -0.25) is 14.4 Å². The molecule has 0 aliphatic carbocycles. The van der Waals surface area contributed by atoms with Crippen LogP contribution in [0, 0.1) is 6.92 Å². The molecule has 0 radical (unpaired) electrons. The van der Waals surface area contributed by atoms with Gasteiger partial charge >= 0.3 is 0 Å². The number of aryl methyl sites for hydroxylation is 1. The number of aromatic nitrogens is 2. The zero-order valence-electron chi connectivity index (χ0n) is 15.5. The number of carbonyl (C=O) groups is 1. The Morgan fingerprint density at radius 2 is 2.12 bits per heavy atom. The Hall–Kier alpha value is -1.44. The average molecular weight is 349 g/mol. The first-order valence-corrected chi connectivity index (χ1v) is 9.47. The molecule has 25 heavy (non-hydrogen) atoms. The van der Waals surface area contributed by atoms with Crippen LogP contribution in [0.5, 0.6) is 0 Å². The van der Waals surface area contributed by atoms with E-state index >= 15 is 0 Å². The quantitative estimate of drug-likeness (QED) is 0.810. The molecule has 2 aliphatic heterocycles. The summed E-state index contributed by atoms with van der Waals surface area (Å²) in [6, 6.07) is 0.333. The molecule has 1 unspecified atom stereocenters. The number of morpholine rings is 1. The van der Waals surface area contributed by atoms with Crippen molar-refractivity contribution in [1.82, 2.24) is 24.9 Å². The molecular weight excluding hydrogens is 318 g/mol. The summed E-state index contributed by atoms with van der Waals surface area (Å²) in [5.41, 5.74) is 1.15. The lowest BCUT2D eigenvalue weighted by atomic mass is 10.1. The molecule has 140 valence electrons. The summed E-state index contributed by atoms with van der Waals surface area (Å²) in [6.45, 7) is 11.0. The van der Waals surface area contributed by atoms with E-state index in [0.29, 0.717) is 19.2 Å². The Morgan fingerprint density at radius 1 is 1.32 bits per heavy atom. The number of amides is 1. The van der Waals surface area contributed by atoms with E-state index in [4.69, 9.17) is 4.74 Å². The monoisotopic (exact) mass is 349 g/mol. The fraction of sp³-hybridized carbons (Fsp3) is 0.778. The van der Waals surface area contributed by atoms with Gasteiger partial charge in [0.15, 0.2) is 0 Å². The molecule has 0 bridgehead atoms. The van der Waals surface area contributed by atoms with Crippen LogP contribution in [0.25, 0.3) is 0 Å². The van der Waals surface area contributed by atoms with Crippen LogP contribution in [0.4, 0.5) is 0 Å². The van der Waals surface area contributed by atoms with Crippen molar-refractivity contribution in [3.63, 3.8) is 0 Å². The lowest BCUT2D eigenvalue weighted by Crippen LogP contribution is -2.51. The molecule has 1 atom stereocenters. The highest BCUT2D eigenvalue weighted by Gasteiger charge is 2.24. The van der Waals surface area contributed by atoms with Gasteiger partial charge in [-0.15, -0.1) is 0 Å². The summed E-state index contributed by atoms with van der Waals surface area (Å²) < 4.78 is 7.76. The number of nitrogens with one attached hydrogen (secondary N) is 1. The number of likely N-dealkylation sites (tertiary alicyclic amines) is 1. The molecule has 7 nitrogen and oxygen atoms in total. The number of nitrogens with zero attached hydrogens (tertiary/aromatic N) is 4. The van der Waals surface area contributed by atoms with Crippen LogP contribution in [0.15, 0.2) is 12.4 Å². The van der Waals surface area contributed by atoms with Gasteiger partial charge in [-0.2, -0.15) is 5.10 Å². The van der Waals surface area contributed by atoms with Crippen molar-refractivity contribution >= 4 is 5.91 Å². The molecule has 7 heteroatoms. The summed E-state index contributed by atoms with van der Waals surface area (Å²) >= 11 is 0. The summed E-state index contributed by atoms with van der Waals surface area (Å²) in [6.07, 6.45) is 6.09. The molecule has 1 aromatic heterocycles. The van der Waals surface area contributed by atoms with E-state index in [1.54, 1.807) is 0 Å². The first-order valence-electron chi connectivity index (χ1n) is 9.47. The summed E-state index contributed by atoms with van der Waals surface area (Å²) in [4.78, 5) is 17.0. The van der Waals surface area contributed by atoms with Crippen LogP contribution >= 0.6 is 0 Å². The maximum absolute atomic E-state index is 12.4. The van der Waals surface area contributed by atoms with Crippen molar-refractivity contribution in [1.29, 1.82) is 0 Å². The van der Waals surface area contributed by atoms with Crippen LogP contribution < -0.4 is 5.32 Å². The van der Waals surface area contributed by atoms with Gasteiger partial charge in [-0.05, 0) is 31.9 Å². The highest BCUT2D eigenvalue weighted by molar-refractivity contribution is 5.78. The largest absolute Gasteiger partial charge is 0.374 e. The number of ether oxygens (including phenoxy) is 1. The molecule has 3 heterocycles. The predicted octanol–water partition coefficient (Wildman–Crippen LogP) is 0.493. The van der Waals surface area contributed by atoms with E-state index in [-0.39, 0.29) is 12.0 Å². The lowest BCUT2D eigenvalue weighted by molar-refractivity contribution is -0.125. The zero-order valence-corrected chi connectivity index (χ0v) is 15.5. The lowest BCUT2D eigenvalue weighted by Gasteiger charge is -2.34. The van der Waals surface area contributed by atoms with E-state index in [1.165, 1.54) is 0 Å². The van der Waals surface area contributed by atoms with Crippen molar-refractivity contribution in [3.8, 4) is 0 Å². The van der Waals surface area contributed by atoms with Gasteiger partial charge in [-0.1, -0.05) is 6.92 Å². The molecule has 1 aromatic rings. The first kappa shape index (κ1) is 18.4. The van der Waals surface area contributed by atoms with E-state index in [9.17, 15) is 4.79 Å². The molecule has 2 saturated heterocycles. The Balaban J connectivity index is 1.40. The number of hydrogen-bond acceptors (Lipinski definition) is 5. The number of carbonyl (C=O) groups excluding carboxylic acids is 1. The smallest absolute Gasteiger partial charge is 0.234 e. The van der Waals surface area contributed by atoms with Gasteiger partial charge in [0.25, 0.3) is 0 Å². The Morgan fingerprint density at radius 3 is 2.80 bits per heavy atom. The Bertz CT molecular complexity index is 553. The topological polar surface area (TPSA) is 62.6 Å². The summed E-state index contributed by atoms with van der Waals surface area (Å²) in [7, 11) is 0. The Labute approximate surface area is 150 Å². The molecular formula is C18H31N5O2. The zero-order chi connectivity index (χ0) is 17.6. The number of piperidine rings is 1. The van der Waals surface area contributed by atoms with Crippen molar-refractivity contribution in [2.75, 3.05) is 45.9 Å². The van der Waals surface area contributed by atoms with Crippen molar-refractivity contribution < 1.29 is 9.53 Å². The van der Waals surface area contributed by atoms with Crippen molar-refractivity contribution in [2.24, 2.45) is 0 Å². The molecule has 1 amide bonds. The third kappa shape index (κ3) is 5.52. The second-order valence-corrected chi connectivity index (χ2v) is 7.24. The molecule has 2 fully saturated rings. The van der Waals surface area contributed by atoms with Crippen LogP contribution in [0.2, 0.25) is 0 Å². The summed E-state index contributed by atoms with van der Waals surface area (Å²) in [5.74, 6) is 0.144. The standard InChI is InChI=1S/C18H31N5O2/c1-3-21-6-4-16(5-7-21)20-18(24)14-22-8-9-25-17(12-22)13-23-11-15(2)10-19-23/h10-11,16-17H,3-9,12-14H2,1-2H3,(H,20,24). The summed E-state index contributed by atoms with van der Waals surface area (Å²) in [5, 5.41) is 7.53. The minimum absolute atomic E-state index is 0.0913. The van der Waals surface area contributed by atoms with E-state index < -0.39 is 0 Å². The first-order chi connectivity index (χ1) is 12.1. The van der Waals surface area contributed by atoms with E-state index in [2.05, 4.69) is 27.1 Å².